The molecule has 0 bridgehead atoms. The van der Waals surface area contributed by atoms with E-state index in [1.807, 2.05) is 30.3 Å². The fourth-order valence-electron chi connectivity index (χ4n) is 2.01. The molecule has 0 spiro atoms. The predicted octanol–water partition coefficient (Wildman–Crippen LogP) is 4.29. The summed E-state index contributed by atoms with van der Waals surface area (Å²) in [6.07, 6.45) is 8.58. The van der Waals surface area contributed by atoms with Crippen LogP contribution < -0.4 is 4.74 Å². The lowest BCUT2D eigenvalue weighted by Gasteiger charge is -2.15. The van der Waals surface area contributed by atoms with Gasteiger partial charge in [0.25, 0.3) is 0 Å². The van der Waals surface area contributed by atoms with Crippen molar-refractivity contribution >= 4 is 6.08 Å². The van der Waals surface area contributed by atoms with E-state index in [1.54, 1.807) is 6.08 Å². The van der Waals surface area contributed by atoms with E-state index in [1.165, 1.54) is 25.7 Å². The molecule has 0 aliphatic rings. The first kappa shape index (κ1) is 15.8. The number of ether oxygens (including phenoxy) is 1. The zero-order chi connectivity index (χ0) is 13.9. The molecule has 0 aromatic heterocycles. The minimum absolute atomic E-state index is 0.0695. The Hall–Kier alpha value is -1.28. The molecule has 0 saturated heterocycles. The van der Waals surface area contributed by atoms with Crippen LogP contribution in [0, 0.1) is 5.92 Å². The summed E-state index contributed by atoms with van der Waals surface area (Å²) < 4.78 is 5.88. The van der Waals surface area contributed by atoms with Crippen LogP contribution in [-0.2, 0) is 0 Å². The Morgan fingerprint density at radius 3 is 2.84 bits per heavy atom. The van der Waals surface area contributed by atoms with Gasteiger partial charge in [-0.3, -0.25) is 0 Å². The lowest BCUT2D eigenvalue weighted by atomic mass is 10.0. The Kier molecular flexibility index (Phi) is 7.99. The van der Waals surface area contributed by atoms with Crippen LogP contribution in [0.15, 0.2) is 30.3 Å². The molecule has 2 heteroatoms. The second-order valence-corrected chi connectivity index (χ2v) is 4.88. The van der Waals surface area contributed by atoms with Crippen LogP contribution in [0.2, 0.25) is 0 Å². The molecule has 1 unspecified atom stereocenters. The Bertz CT molecular complexity index is 371. The Morgan fingerprint density at radius 1 is 1.32 bits per heavy atom. The van der Waals surface area contributed by atoms with Crippen LogP contribution in [0.5, 0.6) is 5.75 Å². The third-order valence-electron chi connectivity index (χ3n) is 3.30. The van der Waals surface area contributed by atoms with E-state index in [9.17, 15) is 0 Å². The van der Waals surface area contributed by atoms with E-state index in [4.69, 9.17) is 9.84 Å². The molecule has 1 N–H and O–H groups in total. The van der Waals surface area contributed by atoms with E-state index in [-0.39, 0.29) is 6.61 Å². The van der Waals surface area contributed by atoms with E-state index in [0.717, 1.165) is 17.9 Å². The average Bonchev–Trinajstić information content (AvgIpc) is 2.46. The third-order valence-corrected chi connectivity index (χ3v) is 3.30. The van der Waals surface area contributed by atoms with Crippen LogP contribution >= 0.6 is 0 Å². The molecule has 0 radical (unpaired) electrons. The van der Waals surface area contributed by atoms with Crippen molar-refractivity contribution in [2.45, 2.75) is 39.5 Å². The normalized spacial score (nSPS) is 12.8. The zero-order valence-corrected chi connectivity index (χ0v) is 12.1. The first-order valence-electron chi connectivity index (χ1n) is 7.30. The molecule has 1 atom stereocenters. The Labute approximate surface area is 117 Å². The summed E-state index contributed by atoms with van der Waals surface area (Å²) in [5, 5.41) is 8.77. The van der Waals surface area contributed by atoms with Crippen molar-refractivity contribution in [2.75, 3.05) is 13.2 Å². The van der Waals surface area contributed by atoms with Gasteiger partial charge in [0.2, 0.25) is 0 Å². The minimum Gasteiger partial charge on any atom is -0.493 e. The van der Waals surface area contributed by atoms with Gasteiger partial charge in [-0.15, -0.1) is 0 Å². The highest BCUT2D eigenvalue weighted by atomic mass is 16.5. The van der Waals surface area contributed by atoms with Crippen LogP contribution in [0.4, 0.5) is 0 Å². The summed E-state index contributed by atoms with van der Waals surface area (Å²) in [6.45, 7) is 5.32. The third kappa shape index (κ3) is 6.44. The molecule has 0 amide bonds. The van der Waals surface area contributed by atoms with Crippen molar-refractivity contribution in [1.82, 2.24) is 0 Å². The highest BCUT2D eigenvalue weighted by molar-refractivity contribution is 5.51. The molecule has 2 nitrogen and oxygen atoms in total. The Morgan fingerprint density at radius 2 is 2.16 bits per heavy atom. The summed E-state index contributed by atoms with van der Waals surface area (Å²) in [7, 11) is 0. The summed E-state index contributed by atoms with van der Waals surface area (Å²) in [6, 6.07) is 7.99. The van der Waals surface area contributed by atoms with Crippen molar-refractivity contribution in [2.24, 2.45) is 5.92 Å². The molecule has 0 fully saturated rings. The molecular formula is C17H26O2. The summed E-state index contributed by atoms with van der Waals surface area (Å²) >= 11 is 0. The van der Waals surface area contributed by atoms with Crippen molar-refractivity contribution in [3.8, 4) is 5.75 Å². The lowest BCUT2D eigenvalue weighted by Crippen LogP contribution is -2.11. The van der Waals surface area contributed by atoms with Gasteiger partial charge in [0.1, 0.15) is 5.75 Å². The largest absolute Gasteiger partial charge is 0.493 e. The smallest absolute Gasteiger partial charge is 0.119 e. The quantitative estimate of drug-likeness (QED) is 0.719. The molecule has 0 saturated carbocycles. The van der Waals surface area contributed by atoms with Crippen molar-refractivity contribution in [3.63, 3.8) is 0 Å². The van der Waals surface area contributed by atoms with Crippen LogP contribution in [0.3, 0.4) is 0 Å². The number of hydrogen-bond acceptors (Lipinski definition) is 2. The van der Waals surface area contributed by atoms with Crippen molar-refractivity contribution < 1.29 is 9.84 Å². The molecule has 0 aliphatic heterocycles. The molecule has 106 valence electrons. The zero-order valence-electron chi connectivity index (χ0n) is 12.1. The highest BCUT2D eigenvalue weighted by Crippen LogP contribution is 2.18. The lowest BCUT2D eigenvalue weighted by molar-refractivity contribution is 0.233. The van der Waals surface area contributed by atoms with E-state index < -0.39 is 0 Å². The molecule has 0 aliphatic carbocycles. The summed E-state index contributed by atoms with van der Waals surface area (Å²) in [5.41, 5.74) is 1.06. The first-order chi connectivity index (χ1) is 9.30. The number of benzene rings is 1. The van der Waals surface area contributed by atoms with Gasteiger partial charge in [-0.25, -0.2) is 0 Å². The number of rotatable bonds is 9. The van der Waals surface area contributed by atoms with Crippen LogP contribution in [-0.4, -0.2) is 18.3 Å². The number of hydrogen-bond donors (Lipinski definition) is 1. The summed E-state index contributed by atoms with van der Waals surface area (Å²) in [4.78, 5) is 0. The van der Waals surface area contributed by atoms with Gasteiger partial charge in [-0.05, 0) is 30.0 Å². The first-order valence-corrected chi connectivity index (χ1v) is 7.30. The van der Waals surface area contributed by atoms with Gasteiger partial charge < -0.3 is 9.84 Å². The average molecular weight is 262 g/mol. The summed E-state index contributed by atoms with van der Waals surface area (Å²) in [5.74, 6) is 1.56. The van der Waals surface area contributed by atoms with Gasteiger partial charge in [0, 0.05) is 0 Å². The van der Waals surface area contributed by atoms with Gasteiger partial charge in [0.05, 0.1) is 13.2 Å². The second kappa shape index (κ2) is 9.62. The van der Waals surface area contributed by atoms with Crippen LogP contribution in [0.1, 0.15) is 45.1 Å². The van der Waals surface area contributed by atoms with Gasteiger partial charge in [0.15, 0.2) is 0 Å². The molecule has 1 aromatic carbocycles. The maximum absolute atomic E-state index is 8.77. The van der Waals surface area contributed by atoms with E-state index in [2.05, 4.69) is 13.8 Å². The fraction of sp³-hybridized carbons (Fsp3) is 0.529. The van der Waals surface area contributed by atoms with Crippen molar-refractivity contribution in [1.29, 1.82) is 0 Å². The number of aliphatic hydroxyl groups excluding tert-OH is 1. The van der Waals surface area contributed by atoms with Gasteiger partial charge in [-0.2, -0.15) is 0 Å². The SMILES string of the molecule is CCCCC(CC)COc1cccc(C=CCO)c1. The van der Waals surface area contributed by atoms with Gasteiger partial charge in [-0.1, -0.05) is 57.4 Å². The van der Waals surface area contributed by atoms with Crippen LogP contribution in [0.25, 0.3) is 6.08 Å². The van der Waals surface area contributed by atoms with E-state index >= 15 is 0 Å². The number of unbranched alkanes of at least 4 members (excludes halogenated alkanes) is 1. The highest BCUT2D eigenvalue weighted by Gasteiger charge is 2.06. The van der Waals surface area contributed by atoms with Gasteiger partial charge >= 0.3 is 0 Å². The molecule has 1 aromatic rings. The Balaban J connectivity index is 2.49. The van der Waals surface area contributed by atoms with Crippen molar-refractivity contribution in [3.05, 3.63) is 35.9 Å². The predicted molar refractivity (Wildman–Crippen MR) is 81.4 cm³/mol. The van der Waals surface area contributed by atoms with E-state index in [0.29, 0.717) is 5.92 Å². The molecular weight excluding hydrogens is 236 g/mol. The number of aliphatic hydroxyl groups is 1. The molecule has 1 rings (SSSR count). The maximum Gasteiger partial charge on any atom is 0.119 e. The molecule has 0 heterocycles. The standard InChI is InChI=1S/C17H26O2/c1-3-5-8-15(4-2)14-19-17-11-6-9-16(13-17)10-7-12-18/h6-7,9-11,13,15,18H,3-5,8,12,14H2,1-2H3. The second-order valence-electron chi connectivity index (χ2n) is 4.88. The topological polar surface area (TPSA) is 29.5 Å². The molecule has 19 heavy (non-hydrogen) atoms. The fourth-order valence-corrected chi connectivity index (χ4v) is 2.01. The monoisotopic (exact) mass is 262 g/mol. The maximum atomic E-state index is 8.77. The minimum atomic E-state index is 0.0695.